The molecule has 11 heavy (non-hydrogen) atoms. The fraction of sp³-hybridized carbons (Fsp3) is 0.333. The highest BCUT2D eigenvalue weighted by molar-refractivity contribution is 14.1. The molecule has 0 saturated heterocycles. The van der Waals surface area contributed by atoms with Gasteiger partial charge in [-0.25, -0.2) is 9.97 Å². The molecule has 1 heterocycles. The smallest absolute Gasteiger partial charge is 0.236 e. The van der Waals surface area contributed by atoms with Crippen LogP contribution >= 0.6 is 22.6 Å². The van der Waals surface area contributed by atoms with E-state index < -0.39 is 11.7 Å². The van der Waals surface area contributed by atoms with Crippen LogP contribution in [0.5, 0.6) is 0 Å². The largest absolute Gasteiger partial charge is 0.315 e. The summed E-state index contributed by atoms with van der Waals surface area (Å²) in [6.07, 6.45) is 2.62. The van der Waals surface area contributed by atoms with E-state index in [4.69, 9.17) is 0 Å². The zero-order chi connectivity index (χ0) is 8.32. The molecule has 0 amide bonds. The van der Waals surface area contributed by atoms with E-state index in [9.17, 15) is 8.78 Å². The highest BCUT2D eigenvalue weighted by Gasteiger charge is 2.32. The van der Waals surface area contributed by atoms with Crippen LogP contribution in [0.4, 0.5) is 8.78 Å². The second-order valence-electron chi connectivity index (χ2n) is 1.91. The predicted molar refractivity (Wildman–Crippen MR) is 44.8 cm³/mol. The molecule has 0 spiro atoms. The lowest BCUT2D eigenvalue weighted by Crippen LogP contribution is -2.18. The Balaban J connectivity index is 2.93. The van der Waals surface area contributed by atoms with Crippen LogP contribution in [-0.4, -0.2) is 14.4 Å². The van der Waals surface area contributed by atoms with E-state index in [0.29, 0.717) is 0 Å². The highest BCUT2D eigenvalue weighted by Crippen LogP contribution is 2.26. The molecule has 0 atom stereocenters. The SMILES string of the molecule is FC(F)(CI)c1ncccn1. The molecule has 1 aromatic heterocycles. The van der Waals surface area contributed by atoms with Crippen molar-refractivity contribution in [3.63, 3.8) is 0 Å². The number of hydrogen-bond acceptors (Lipinski definition) is 2. The Morgan fingerprint density at radius 3 is 2.36 bits per heavy atom. The normalized spacial score (nSPS) is 11.5. The summed E-state index contributed by atoms with van der Waals surface area (Å²) in [5.74, 6) is -3.31. The molecule has 0 aliphatic heterocycles. The fourth-order valence-electron chi connectivity index (χ4n) is 0.548. The zero-order valence-electron chi connectivity index (χ0n) is 5.47. The summed E-state index contributed by atoms with van der Waals surface area (Å²) in [6, 6.07) is 1.51. The van der Waals surface area contributed by atoms with Gasteiger partial charge < -0.3 is 0 Å². The van der Waals surface area contributed by atoms with E-state index in [1.54, 1.807) is 22.6 Å². The molecular formula is C6H5F2IN2. The Kier molecular flexibility index (Phi) is 2.69. The second kappa shape index (κ2) is 3.38. The lowest BCUT2D eigenvalue weighted by atomic mass is 10.3. The summed E-state index contributed by atoms with van der Waals surface area (Å²) < 4.78 is 25.2. The van der Waals surface area contributed by atoms with Gasteiger partial charge in [0.1, 0.15) is 0 Å². The van der Waals surface area contributed by atoms with Gasteiger partial charge in [-0.05, 0) is 6.07 Å². The molecule has 0 radical (unpaired) electrons. The van der Waals surface area contributed by atoms with Crippen LogP contribution in [0.3, 0.4) is 0 Å². The molecule has 0 aliphatic rings. The third-order valence-corrected chi connectivity index (χ3v) is 2.02. The molecular weight excluding hydrogens is 265 g/mol. The number of hydrogen-bond donors (Lipinski definition) is 0. The van der Waals surface area contributed by atoms with E-state index in [-0.39, 0.29) is 4.43 Å². The molecule has 1 rings (SSSR count). The first-order valence-electron chi connectivity index (χ1n) is 2.88. The van der Waals surface area contributed by atoms with Crippen LogP contribution in [0.2, 0.25) is 0 Å². The van der Waals surface area contributed by atoms with Crippen LogP contribution in [-0.2, 0) is 5.92 Å². The van der Waals surface area contributed by atoms with E-state index >= 15 is 0 Å². The van der Waals surface area contributed by atoms with E-state index in [0.717, 1.165) is 0 Å². The second-order valence-corrected chi connectivity index (χ2v) is 2.67. The Labute approximate surface area is 76.2 Å². The maximum absolute atomic E-state index is 12.8. The van der Waals surface area contributed by atoms with Crippen LogP contribution in [0, 0.1) is 0 Å². The number of alkyl halides is 3. The van der Waals surface area contributed by atoms with Crippen LogP contribution < -0.4 is 0 Å². The summed E-state index contributed by atoms with van der Waals surface area (Å²) in [7, 11) is 0. The van der Waals surface area contributed by atoms with Gasteiger partial charge in [0.25, 0.3) is 0 Å². The Morgan fingerprint density at radius 2 is 1.91 bits per heavy atom. The van der Waals surface area contributed by atoms with Gasteiger partial charge in [-0.3, -0.25) is 0 Å². The first-order valence-corrected chi connectivity index (χ1v) is 4.40. The van der Waals surface area contributed by atoms with Gasteiger partial charge in [0.15, 0.2) is 5.82 Å². The van der Waals surface area contributed by atoms with Crippen molar-refractivity contribution in [1.29, 1.82) is 0 Å². The van der Waals surface area contributed by atoms with Crippen molar-refractivity contribution in [1.82, 2.24) is 9.97 Å². The Morgan fingerprint density at radius 1 is 1.36 bits per heavy atom. The summed E-state index contributed by atoms with van der Waals surface area (Å²) >= 11 is 1.60. The average Bonchev–Trinajstić information content (AvgIpc) is 2.06. The molecule has 0 saturated carbocycles. The maximum atomic E-state index is 12.8. The van der Waals surface area contributed by atoms with Gasteiger partial charge in [0, 0.05) is 12.4 Å². The third-order valence-electron chi connectivity index (χ3n) is 1.06. The molecule has 2 nitrogen and oxygen atoms in total. The molecule has 0 unspecified atom stereocenters. The number of aromatic nitrogens is 2. The minimum atomic E-state index is -2.90. The van der Waals surface area contributed by atoms with Crippen molar-refractivity contribution < 1.29 is 8.78 Å². The fourth-order valence-corrected chi connectivity index (χ4v) is 0.889. The van der Waals surface area contributed by atoms with E-state index in [1.165, 1.54) is 18.5 Å². The van der Waals surface area contributed by atoms with Gasteiger partial charge in [-0.1, -0.05) is 22.6 Å². The van der Waals surface area contributed by atoms with E-state index in [1.807, 2.05) is 0 Å². The van der Waals surface area contributed by atoms with Crippen LogP contribution in [0.15, 0.2) is 18.5 Å². The van der Waals surface area contributed by atoms with Crippen molar-refractivity contribution in [3.8, 4) is 0 Å². The minimum absolute atomic E-state index is 0.297. The topological polar surface area (TPSA) is 25.8 Å². The lowest BCUT2D eigenvalue weighted by molar-refractivity contribution is 0.0166. The van der Waals surface area contributed by atoms with Gasteiger partial charge in [-0.2, -0.15) is 8.78 Å². The van der Waals surface area contributed by atoms with Crippen molar-refractivity contribution >= 4 is 22.6 Å². The first kappa shape index (κ1) is 8.76. The Bertz CT molecular complexity index is 227. The summed E-state index contributed by atoms with van der Waals surface area (Å²) in [4.78, 5) is 6.91. The van der Waals surface area contributed by atoms with Gasteiger partial charge in [0.05, 0.1) is 4.43 Å². The van der Waals surface area contributed by atoms with Gasteiger partial charge in [0.2, 0.25) is 0 Å². The van der Waals surface area contributed by atoms with Crippen LogP contribution in [0.1, 0.15) is 5.82 Å². The summed E-state index contributed by atoms with van der Waals surface area (Å²) in [6.45, 7) is 0. The molecule has 0 aliphatic carbocycles. The van der Waals surface area contributed by atoms with Gasteiger partial charge in [-0.15, -0.1) is 0 Å². The van der Waals surface area contributed by atoms with Crippen molar-refractivity contribution in [3.05, 3.63) is 24.3 Å². The van der Waals surface area contributed by atoms with E-state index in [2.05, 4.69) is 9.97 Å². The molecule has 0 bridgehead atoms. The van der Waals surface area contributed by atoms with Crippen molar-refractivity contribution in [2.24, 2.45) is 0 Å². The number of rotatable bonds is 2. The van der Waals surface area contributed by atoms with Crippen LogP contribution in [0.25, 0.3) is 0 Å². The predicted octanol–water partition coefficient (Wildman–Crippen LogP) is 2.00. The third kappa shape index (κ3) is 2.05. The molecule has 0 fully saturated rings. The number of nitrogens with zero attached hydrogens (tertiary/aromatic N) is 2. The molecule has 0 aromatic carbocycles. The number of halogens is 3. The molecule has 5 heteroatoms. The quantitative estimate of drug-likeness (QED) is 0.606. The first-order chi connectivity index (χ1) is 5.17. The summed E-state index contributed by atoms with van der Waals surface area (Å²) in [5, 5.41) is 0. The Hall–Kier alpha value is -0.330. The monoisotopic (exact) mass is 270 g/mol. The average molecular weight is 270 g/mol. The highest BCUT2D eigenvalue weighted by atomic mass is 127. The lowest BCUT2D eigenvalue weighted by Gasteiger charge is -2.09. The van der Waals surface area contributed by atoms with Gasteiger partial charge >= 0.3 is 5.92 Å². The zero-order valence-corrected chi connectivity index (χ0v) is 7.62. The minimum Gasteiger partial charge on any atom is -0.236 e. The maximum Gasteiger partial charge on any atom is 0.315 e. The molecule has 0 N–H and O–H groups in total. The van der Waals surface area contributed by atoms with Crippen molar-refractivity contribution in [2.75, 3.05) is 4.43 Å². The van der Waals surface area contributed by atoms with Crippen molar-refractivity contribution in [2.45, 2.75) is 5.92 Å². The molecule has 60 valence electrons. The standard InChI is InChI=1S/C6H5F2IN2/c7-6(8,4-9)5-10-2-1-3-11-5/h1-3H,4H2. The summed E-state index contributed by atoms with van der Waals surface area (Å²) in [5.41, 5.74) is 0. The molecule has 1 aromatic rings.